The molecule has 2 N–H and O–H groups in total. The van der Waals surface area contributed by atoms with Gasteiger partial charge in [-0.2, -0.15) is 0 Å². The number of amides is 1. The van der Waals surface area contributed by atoms with Gasteiger partial charge in [0.15, 0.2) is 6.10 Å². The molecule has 1 atom stereocenters. The van der Waals surface area contributed by atoms with E-state index in [0.717, 1.165) is 17.7 Å². The number of hydrogen-bond donors (Lipinski definition) is 2. The van der Waals surface area contributed by atoms with Crippen LogP contribution in [0.1, 0.15) is 28.4 Å². The lowest BCUT2D eigenvalue weighted by Gasteiger charge is -2.15. The number of anilines is 2. The zero-order valence-corrected chi connectivity index (χ0v) is 19.1. The standard InChI is InChI=1S/C24H23FN2O5S/c1-15-8-11-18(12-9-15)26-23(28)17(3)32-24(29)20-14-19(13-10-16(20)2)33(30,31)27-22-7-5-4-6-21(22)25/h4-14,17,27H,1-3H3,(H,26,28). The van der Waals surface area contributed by atoms with Gasteiger partial charge in [-0.1, -0.05) is 35.9 Å². The van der Waals surface area contributed by atoms with E-state index in [-0.39, 0.29) is 16.1 Å². The zero-order valence-electron chi connectivity index (χ0n) is 18.3. The molecule has 1 amide bonds. The maximum Gasteiger partial charge on any atom is 0.339 e. The van der Waals surface area contributed by atoms with E-state index in [2.05, 4.69) is 10.0 Å². The van der Waals surface area contributed by atoms with Crippen molar-refractivity contribution in [1.29, 1.82) is 0 Å². The van der Waals surface area contributed by atoms with Gasteiger partial charge in [0.2, 0.25) is 0 Å². The highest BCUT2D eigenvalue weighted by molar-refractivity contribution is 7.92. The maximum absolute atomic E-state index is 13.9. The van der Waals surface area contributed by atoms with Crippen molar-refractivity contribution in [3.63, 3.8) is 0 Å². The minimum atomic E-state index is -4.17. The van der Waals surface area contributed by atoms with Crippen LogP contribution in [0.25, 0.3) is 0 Å². The molecule has 0 aliphatic rings. The number of halogens is 1. The first kappa shape index (κ1) is 23.9. The SMILES string of the molecule is Cc1ccc(NC(=O)C(C)OC(=O)c2cc(S(=O)(=O)Nc3ccccc3F)ccc2C)cc1. The largest absolute Gasteiger partial charge is 0.449 e. The quantitative estimate of drug-likeness (QED) is 0.498. The Morgan fingerprint density at radius 3 is 2.30 bits per heavy atom. The Labute approximate surface area is 191 Å². The second-order valence-corrected chi connectivity index (χ2v) is 9.15. The minimum absolute atomic E-state index is 0.0265. The second-order valence-electron chi connectivity index (χ2n) is 7.46. The van der Waals surface area contributed by atoms with E-state index in [9.17, 15) is 22.4 Å². The minimum Gasteiger partial charge on any atom is -0.449 e. The van der Waals surface area contributed by atoms with Gasteiger partial charge in [-0.15, -0.1) is 0 Å². The van der Waals surface area contributed by atoms with Gasteiger partial charge in [-0.3, -0.25) is 9.52 Å². The molecule has 3 aromatic rings. The molecule has 0 saturated carbocycles. The van der Waals surface area contributed by atoms with Crippen molar-refractivity contribution in [2.24, 2.45) is 0 Å². The number of aryl methyl sites for hydroxylation is 2. The number of sulfonamides is 1. The highest BCUT2D eigenvalue weighted by Gasteiger charge is 2.23. The molecule has 0 spiro atoms. The fraction of sp³-hybridized carbons (Fsp3) is 0.167. The maximum atomic E-state index is 13.9. The lowest BCUT2D eigenvalue weighted by Crippen LogP contribution is -2.30. The van der Waals surface area contributed by atoms with Gasteiger partial charge < -0.3 is 10.1 Å². The zero-order chi connectivity index (χ0) is 24.2. The molecule has 3 rings (SSSR count). The third-order valence-corrected chi connectivity index (χ3v) is 6.19. The summed E-state index contributed by atoms with van der Waals surface area (Å²) in [6.45, 7) is 4.93. The third kappa shape index (κ3) is 5.95. The van der Waals surface area contributed by atoms with Crippen molar-refractivity contribution in [3.05, 3.63) is 89.2 Å². The highest BCUT2D eigenvalue weighted by atomic mass is 32.2. The molecule has 172 valence electrons. The summed E-state index contributed by atoms with van der Waals surface area (Å²) < 4.78 is 46.7. The summed E-state index contributed by atoms with van der Waals surface area (Å²) in [6, 6.07) is 16.3. The van der Waals surface area contributed by atoms with Gasteiger partial charge >= 0.3 is 5.97 Å². The lowest BCUT2D eigenvalue weighted by molar-refractivity contribution is -0.123. The van der Waals surface area contributed by atoms with Gasteiger partial charge in [0.1, 0.15) is 5.82 Å². The predicted octanol–water partition coefficient (Wildman–Crippen LogP) is 4.43. The molecule has 0 bridgehead atoms. The van der Waals surface area contributed by atoms with Gasteiger partial charge in [0.05, 0.1) is 16.1 Å². The average Bonchev–Trinajstić information content (AvgIpc) is 2.76. The Kier molecular flexibility index (Phi) is 7.13. The van der Waals surface area contributed by atoms with E-state index in [1.807, 2.05) is 19.1 Å². The first-order valence-electron chi connectivity index (χ1n) is 10.0. The van der Waals surface area contributed by atoms with Crippen molar-refractivity contribution < 1.29 is 27.1 Å². The summed E-state index contributed by atoms with van der Waals surface area (Å²) in [7, 11) is -4.17. The monoisotopic (exact) mass is 470 g/mol. The van der Waals surface area contributed by atoms with Crippen molar-refractivity contribution in [3.8, 4) is 0 Å². The Balaban J connectivity index is 1.75. The van der Waals surface area contributed by atoms with E-state index in [1.54, 1.807) is 19.1 Å². The van der Waals surface area contributed by atoms with Crippen LogP contribution in [0, 0.1) is 19.7 Å². The number of rotatable bonds is 7. The summed E-state index contributed by atoms with van der Waals surface area (Å²) in [5.74, 6) is -2.13. The molecule has 0 aliphatic carbocycles. The Hall–Kier alpha value is -3.72. The van der Waals surface area contributed by atoms with Crippen LogP contribution in [0.2, 0.25) is 0 Å². The van der Waals surface area contributed by atoms with Crippen LogP contribution < -0.4 is 10.0 Å². The lowest BCUT2D eigenvalue weighted by atomic mass is 10.1. The molecule has 0 aliphatic heterocycles. The molecule has 0 radical (unpaired) electrons. The van der Waals surface area contributed by atoms with Gasteiger partial charge in [0.25, 0.3) is 15.9 Å². The number of ether oxygens (including phenoxy) is 1. The highest BCUT2D eigenvalue weighted by Crippen LogP contribution is 2.22. The topological polar surface area (TPSA) is 102 Å². The molecule has 0 saturated heterocycles. The summed E-state index contributed by atoms with van der Waals surface area (Å²) in [4.78, 5) is 24.8. The first-order chi connectivity index (χ1) is 15.6. The Bertz CT molecular complexity index is 1290. The smallest absolute Gasteiger partial charge is 0.339 e. The molecule has 0 fully saturated rings. The molecular weight excluding hydrogens is 447 g/mol. The van der Waals surface area contributed by atoms with Crippen molar-refractivity contribution in [1.82, 2.24) is 0 Å². The molecule has 7 nitrogen and oxygen atoms in total. The normalized spacial score (nSPS) is 12.0. The number of nitrogens with one attached hydrogen (secondary N) is 2. The van der Waals surface area contributed by atoms with Crippen molar-refractivity contribution >= 4 is 33.3 Å². The van der Waals surface area contributed by atoms with Gasteiger partial charge in [0, 0.05) is 5.69 Å². The number of carbonyl (C=O) groups excluding carboxylic acids is 2. The summed E-state index contributed by atoms with van der Waals surface area (Å²) >= 11 is 0. The molecule has 33 heavy (non-hydrogen) atoms. The molecule has 9 heteroatoms. The summed E-state index contributed by atoms with van der Waals surface area (Å²) in [5, 5.41) is 2.65. The second kappa shape index (κ2) is 9.83. The van der Waals surface area contributed by atoms with Crippen LogP contribution in [-0.2, 0) is 19.6 Å². The van der Waals surface area contributed by atoms with Crippen LogP contribution >= 0.6 is 0 Å². The molecule has 1 unspecified atom stereocenters. The first-order valence-corrected chi connectivity index (χ1v) is 11.5. The van der Waals surface area contributed by atoms with Crippen molar-refractivity contribution in [2.45, 2.75) is 31.8 Å². The molecule has 0 heterocycles. The fourth-order valence-electron chi connectivity index (χ4n) is 2.89. The number of benzene rings is 3. The van der Waals surface area contributed by atoms with E-state index >= 15 is 0 Å². The summed E-state index contributed by atoms with van der Waals surface area (Å²) in [6.07, 6.45) is -1.13. The third-order valence-electron chi connectivity index (χ3n) is 4.83. The number of hydrogen-bond acceptors (Lipinski definition) is 5. The molecular formula is C24H23FN2O5S. The van der Waals surface area contributed by atoms with E-state index in [4.69, 9.17) is 4.74 Å². The number of esters is 1. The van der Waals surface area contributed by atoms with Crippen LogP contribution in [0.3, 0.4) is 0 Å². The fourth-order valence-corrected chi connectivity index (χ4v) is 3.99. The van der Waals surface area contributed by atoms with Crippen LogP contribution in [0.15, 0.2) is 71.6 Å². The van der Waals surface area contributed by atoms with Crippen LogP contribution in [0.5, 0.6) is 0 Å². The van der Waals surface area contributed by atoms with E-state index in [1.165, 1.54) is 37.3 Å². The van der Waals surface area contributed by atoms with Crippen LogP contribution in [0.4, 0.5) is 15.8 Å². The molecule has 0 aromatic heterocycles. The number of para-hydroxylation sites is 1. The molecule has 3 aromatic carbocycles. The van der Waals surface area contributed by atoms with Crippen LogP contribution in [-0.4, -0.2) is 26.4 Å². The summed E-state index contributed by atoms with van der Waals surface area (Å²) in [5.41, 5.74) is 1.79. The Morgan fingerprint density at radius 1 is 0.970 bits per heavy atom. The number of carbonyl (C=O) groups is 2. The average molecular weight is 471 g/mol. The predicted molar refractivity (Wildman–Crippen MR) is 123 cm³/mol. The Morgan fingerprint density at radius 2 is 1.64 bits per heavy atom. The van der Waals surface area contributed by atoms with Crippen molar-refractivity contribution in [2.75, 3.05) is 10.0 Å². The van der Waals surface area contributed by atoms with Gasteiger partial charge in [-0.25, -0.2) is 17.6 Å². The van der Waals surface area contributed by atoms with E-state index < -0.39 is 33.8 Å². The van der Waals surface area contributed by atoms with Gasteiger partial charge in [-0.05, 0) is 62.7 Å². The van der Waals surface area contributed by atoms with E-state index in [0.29, 0.717) is 11.3 Å².